The van der Waals surface area contributed by atoms with Crippen molar-refractivity contribution in [1.82, 2.24) is 0 Å². The van der Waals surface area contributed by atoms with Crippen LogP contribution in [0.15, 0.2) is 53.0 Å². The van der Waals surface area contributed by atoms with Crippen molar-refractivity contribution in [2.45, 2.75) is 12.5 Å². The maximum Gasteiger partial charge on any atom is 0.119 e. The largest absolute Gasteiger partial charge is 0.497 e. The van der Waals surface area contributed by atoms with Crippen molar-refractivity contribution in [3.63, 3.8) is 0 Å². The Hall–Kier alpha value is -1.32. The highest BCUT2D eigenvalue weighted by Crippen LogP contribution is 2.21. The van der Waals surface area contributed by atoms with Gasteiger partial charge in [-0.15, -0.1) is 0 Å². The van der Waals surface area contributed by atoms with Crippen molar-refractivity contribution >= 4 is 15.9 Å². The zero-order valence-electron chi connectivity index (χ0n) is 10.3. The first-order valence-corrected chi connectivity index (χ1v) is 6.62. The van der Waals surface area contributed by atoms with Gasteiger partial charge in [0.1, 0.15) is 5.75 Å². The molecule has 2 nitrogen and oxygen atoms in total. The van der Waals surface area contributed by atoms with Crippen LogP contribution >= 0.6 is 15.9 Å². The van der Waals surface area contributed by atoms with E-state index >= 15 is 0 Å². The summed E-state index contributed by atoms with van der Waals surface area (Å²) >= 11 is 3.46. The molecule has 0 radical (unpaired) electrons. The molecular weight excluding hydrogens is 290 g/mol. The third kappa shape index (κ3) is 3.34. The monoisotopic (exact) mass is 305 g/mol. The lowest BCUT2D eigenvalue weighted by Crippen LogP contribution is -2.13. The fourth-order valence-electron chi connectivity index (χ4n) is 1.91. The quantitative estimate of drug-likeness (QED) is 0.935. The zero-order valence-corrected chi connectivity index (χ0v) is 11.9. The molecular formula is C15H16BrNO. The first-order chi connectivity index (χ1) is 8.69. The smallest absolute Gasteiger partial charge is 0.119 e. The van der Waals surface area contributed by atoms with E-state index in [1.807, 2.05) is 30.3 Å². The first-order valence-electron chi connectivity index (χ1n) is 5.83. The van der Waals surface area contributed by atoms with E-state index in [-0.39, 0.29) is 6.04 Å². The van der Waals surface area contributed by atoms with Crippen LogP contribution < -0.4 is 10.5 Å². The summed E-state index contributed by atoms with van der Waals surface area (Å²) in [5.74, 6) is 0.869. The van der Waals surface area contributed by atoms with Gasteiger partial charge in [0.15, 0.2) is 0 Å². The molecule has 1 atom stereocenters. The van der Waals surface area contributed by atoms with Gasteiger partial charge in [-0.25, -0.2) is 0 Å². The third-order valence-corrected chi connectivity index (χ3v) is 3.36. The molecule has 18 heavy (non-hydrogen) atoms. The number of ether oxygens (including phenoxy) is 1. The highest BCUT2D eigenvalue weighted by molar-refractivity contribution is 9.10. The average molecular weight is 306 g/mol. The van der Waals surface area contributed by atoms with E-state index in [0.29, 0.717) is 0 Å². The van der Waals surface area contributed by atoms with Gasteiger partial charge in [-0.2, -0.15) is 0 Å². The maximum absolute atomic E-state index is 6.23. The molecule has 94 valence electrons. The van der Waals surface area contributed by atoms with Crippen LogP contribution in [0.3, 0.4) is 0 Å². The Morgan fingerprint density at radius 3 is 2.67 bits per heavy atom. The van der Waals surface area contributed by atoms with Gasteiger partial charge in [-0.1, -0.05) is 40.2 Å². The standard InChI is InChI=1S/C15H16BrNO/c1-18-14-7-2-4-11(8-14)9-15(17)12-5-3-6-13(16)10-12/h2-8,10,15H,9,17H2,1H3. The topological polar surface area (TPSA) is 35.2 Å². The van der Waals surface area contributed by atoms with Crippen LogP contribution in [0.5, 0.6) is 5.75 Å². The van der Waals surface area contributed by atoms with Crippen molar-refractivity contribution in [2.75, 3.05) is 7.11 Å². The molecule has 0 saturated heterocycles. The second kappa shape index (κ2) is 6.03. The lowest BCUT2D eigenvalue weighted by molar-refractivity contribution is 0.414. The summed E-state index contributed by atoms with van der Waals surface area (Å²) in [5, 5.41) is 0. The molecule has 0 bridgehead atoms. The Kier molecular flexibility index (Phi) is 4.39. The minimum absolute atomic E-state index is 0.00499. The summed E-state index contributed by atoms with van der Waals surface area (Å²) in [6.07, 6.45) is 0.799. The first kappa shape index (κ1) is 13.1. The van der Waals surface area contributed by atoms with Crippen LogP contribution in [-0.4, -0.2) is 7.11 Å². The fraction of sp³-hybridized carbons (Fsp3) is 0.200. The summed E-state index contributed by atoms with van der Waals surface area (Å²) in [4.78, 5) is 0. The molecule has 0 aliphatic carbocycles. The van der Waals surface area contributed by atoms with Crippen molar-refractivity contribution in [2.24, 2.45) is 5.73 Å². The average Bonchev–Trinajstić information content (AvgIpc) is 2.39. The molecule has 0 heterocycles. The van der Waals surface area contributed by atoms with E-state index in [1.165, 1.54) is 5.56 Å². The van der Waals surface area contributed by atoms with Crippen molar-refractivity contribution in [3.8, 4) is 5.75 Å². The molecule has 2 aromatic carbocycles. The van der Waals surface area contributed by atoms with Gasteiger partial charge in [0.25, 0.3) is 0 Å². The van der Waals surface area contributed by atoms with Crippen molar-refractivity contribution in [1.29, 1.82) is 0 Å². The predicted molar refractivity (Wildman–Crippen MR) is 77.8 cm³/mol. The molecule has 2 N–H and O–H groups in total. The van der Waals surface area contributed by atoms with Gasteiger partial charge < -0.3 is 10.5 Å². The number of hydrogen-bond donors (Lipinski definition) is 1. The molecule has 0 aliphatic rings. The van der Waals surface area contributed by atoms with E-state index in [2.05, 4.69) is 34.1 Å². The van der Waals surface area contributed by atoms with E-state index < -0.39 is 0 Å². The fourth-order valence-corrected chi connectivity index (χ4v) is 2.33. The van der Waals surface area contributed by atoms with Gasteiger partial charge in [-0.05, 0) is 41.8 Å². The molecule has 1 unspecified atom stereocenters. The molecule has 0 aromatic heterocycles. The Morgan fingerprint density at radius 1 is 1.17 bits per heavy atom. The van der Waals surface area contributed by atoms with Crippen LogP contribution in [0.25, 0.3) is 0 Å². The van der Waals surface area contributed by atoms with Gasteiger partial charge in [-0.3, -0.25) is 0 Å². The van der Waals surface area contributed by atoms with Gasteiger partial charge in [0.05, 0.1) is 7.11 Å². The highest BCUT2D eigenvalue weighted by Gasteiger charge is 2.08. The number of halogens is 1. The molecule has 0 spiro atoms. The van der Waals surface area contributed by atoms with Crippen molar-refractivity contribution in [3.05, 3.63) is 64.1 Å². The number of nitrogens with two attached hydrogens (primary N) is 1. The van der Waals surface area contributed by atoms with E-state index in [9.17, 15) is 0 Å². The Balaban J connectivity index is 2.13. The van der Waals surface area contributed by atoms with Crippen LogP contribution in [0, 0.1) is 0 Å². The number of rotatable bonds is 4. The molecule has 0 aliphatic heterocycles. The van der Waals surface area contributed by atoms with Crippen LogP contribution in [-0.2, 0) is 6.42 Å². The number of benzene rings is 2. The van der Waals surface area contributed by atoms with Gasteiger partial charge >= 0.3 is 0 Å². The van der Waals surface area contributed by atoms with Gasteiger partial charge in [0.2, 0.25) is 0 Å². The molecule has 3 heteroatoms. The number of methoxy groups -OCH3 is 1. The maximum atomic E-state index is 6.23. The summed E-state index contributed by atoms with van der Waals surface area (Å²) in [6.45, 7) is 0. The van der Waals surface area contributed by atoms with E-state index in [1.54, 1.807) is 7.11 Å². The van der Waals surface area contributed by atoms with E-state index in [4.69, 9.17) is 10.5 Å². The van der Waals surface area contributed by atoms with Crippen LogP contribution in [0.4, 0.5) is 0 Å². The number of hydrogen-bond acceptors (Lipinski definition) is 2. The molecule has 2 aromatic rings. The second-order valence-electron chi connectivity index (χ2n) is 4.22. The Labute approximate surface area is 116 Å². The Bertz CT molecular complexity index is 527. The Morgan fingerprint density at radius 2 is 1.94 bits per heavy atom. The van der Waals surface area contributed by atoms with Gasteiger partial charge in [0, 0.05) is 10.5 Å². The summed E-state index contributed by atoms with van der Waals surface area (Å²) in [6, 6.07) is 16.1. The zero-order chi connectivity index (χ0) is 13.0. The normalized spacial score (nSPS) is 12.2. The molecule has 0 fully saturated rings. The third-order valence-electron chi connectivity index (χ3n) is 2.87. The molecule has 0 saturated carbocycles. The summed E-state index contributed by atoms with van der Waals surface area (Å²) in [5.41, 5.74) is 8.54. The van der Waals surface area contributed by atoms with Crippen LogP contribution in [0.2, 0.25) is 0 Å². The minimum atomic E-state index is -0.00499. The summed E-state index contributed by atoms with van der Waals surface area (Å²) < 4.78 is 6.27. The molecule has 0 amide bonds. The van der Waals surface area contributed by atoms with E-state index in [0.717, 1.165) is 22.2 Å². The van der Waals surface area contributed by atoms with Crippen LogP contribution in [0.1, 0.15) is 17.2 Å². The second-order valence-corrected chi connectivity index (χ2v) is 5.13. The lowest BCUT2D eigenvalue weighted by Gasteiger charge is -2.13. The van der Waals surface area contributed by atoms with Crippen molar-refractivity contribution < 1.29 is 4.74 Å². The predicted octanol–water partition coefficient (Wildman–Crippen LogP) is 3.70. The molecule has 2 rings (SSSR count). The summed E-state index contributed by atoms with van der Waals surface area (Å²) in [7, 11) is 1.67. The minimum Gasteiger partial charge on any atom is -0.497 e. The lowest BCUT2D eigenvalue weighted by atomic mass is 10.00. The highest BCUT2D eigenvalue weighted by atomic mass is 79.9. The SMILES string of the molecule is COc1cccc(CC(N)c2cccc(Br)c2)c1.